The number of hydrogen-bond donors (Lipinski definition) is 0. The highest BCUT2D eigenvalue weighted by atomic mass is 79.9. The van der Waals surface area contributed by atoms with Crippen molar-refractivity contribution in [2.75, 3.05) is 12.0 Å². The Morgan fingerprint density at radius 2 is 2.55 bits per heavy atom. The molecule has 1 heterocycles. The van der Waals surface area contributed by atoms with Crippen molar-refractivity contribution >= 4 is 26.7 Å². The van der Waals surface area contributed by atoms with Crippen molar-refractivity contribution in [1.82, 2.24) is 9.78 Å². The van der Waals surface area contributed by atoms with Crippen molar-refractivity contribution in [3.05, 3.63) is 16.9 Å². The van der Waals surface area contributed by atoms with Crippen LogP contribution in [0.15, 0.2) is 16.9 Å². The molecule has 1 atom stereocenters. The highest BCUT2D eigenvalue weighted by molar-refractivity contribution is 9.10. The SMILES string of the molecule is CS(=O)CCn1cc(Br)cn1. The summed E-state index contributed by atoms with van der Waals surface area (Å²) >= 11 is 3.28. The van der Waals surface area contributed by atoms with Gasteiger partial charge in [0.1, 0.15) is 0 Å². The van der Waals surface area contributed by atoms with Crippen LogP contribution in [0.25, 0.3) is 0 Å². The number of halogens is 1. The summed E-state index contributed by atoms with van der Waals surface area (Å²) in [6.45, 7) is 0.717. The first-order chi connectivity index (χ1) is 5.18. The zero-order valence-electron chi connectivity index (χ0n) is 6.16. The highest BCUT2D eigenvalue weighted by Crippen LogP contribution is 2.05. The van der Waals surface area contributed by atoms with Crippen LogP contribution < -0.4 is 0 Å². The van der Waals surface area contributed by atoms with Gasteiger partial charge in [0, 0.05) is 29.0 Å². The molecule has 0 aliphatic carbocycles. The molecule has 1 aromatic rings. The Balaban J connectivity index is 2.45. The largest absolute Gasteiger partial charge is 0.271 e. The third-order valence-electron chi connectivity index (χ3n) is 1.21. The van der Waals surface area contributed by atoms with E-state index in [-0.39, 0.29) is 0 Å². The maximum absolute atomic E-state index is 10.7. The molecule has 0 spiro atoms. The average molecular weight is 237 g/mol. The van der Waals surface area contributed by atoms with Crippen molar-refractivity contribution in [2.24, 2.45) is 0 Å². The molecule has 11 heavy (non-hydrogen) atoms. The predicted octanol–water partition coefficient (Wildman–Crippen LogP) is 1.02. The lowest BCUT2D eigenvalue weighted by Gasteiger charge is -1.96. The molecule has 0 aliphatic rings. The maximum Gasteiger partial charge on any atom is 0.0632 e. The van der Waals surface area contributed by atoms with Crippen molar-refractivity contribution in [3.8, 4) is 0 Å². The van der Waals surface area contributed by atoms with E-state index in [0.29, 0.717) is 12.3 Å². The smallest absolute Gasteiger partial charge is 0.0632 e. The van der Waals surface area contributed by atoms with Gasteiger partial charge in [-0.15, -0.1) is 0 Å². The van der Waals surface area contributed by atoms with Crippen LogP contribution in [-0.4, -0.2) is 26.0 Å². The molecule has 0 amide bonds. The lowest BCUT2D eigenvalue weighted by atomic mass is 10.7. The number of rotatable bonds is 3. The van der Waals surface area contributed by atoms with E-state index in [4.69, 9.17) is 0 Å². The molecule has 0 N–H and O–H groups in total. The van der Waals surface area contributed by atoms with Crippen molar-refractivity contribution in [1.29, 1.82) is 0 Å². The van der Waals surface area contributed by atoms with Gasteiger partial charge in [0.15, 0.2) is 0 Å². The van der Waals surface area contributed by atoms with Crippen LogP contribution in [0, 0.1) is 0 Å². The minimum atomic E-state index is -0.733. The summed E-state index contributed by atoms with van der Waals surface area (Å²) in [6, 6.07) is 0. The first-order valence-corrected chi connectivity index (χ1v) is 5.68. The van der Waals surface area contributed by atoms with Gasteiger partial charge in [0.05, 0.1) is 17.2 Å². The molecule has 0 aliphatic heterocycles. The molecule has 5 heteroatoms. The van der Waals surface area contributed by atoms with Gasteiger partial charge in [-0.05, 0) is 15.9 Å². The zero-order valence-corrected chi connectivity index (χ0v) is 8.56. The quantitative estimate of drug-likeness (QED) is 0.786. The van der Waals surface area contributed by atoms with Crippen molar-refractivity contribution in [3.63, 3.8) is 0 Å². The molecule has 1 rings (SSSR count). The normalized spacial score (nSPS) is 13.3. The minimum Gasteiger partial charge on any atom is -0.271 e. The van der Waals surface area contributed by atoms with Crippen LogP contribution in [0.2, 0.25) is 0 Å². The second kappa shape index (κ2) is 4.01. The Bertz CT molecular complexity index is 261. The third-order valence-corrected chi connectivity index (χ3v) is 2.38. The van der Waals surface area contributed by atoms with Crippen LogP contribution in [0.5, 0.6) is 0 Å². The first kappa shape index (κ1) is 8.93. The van der Waals surface area contributed by atoms with Gasteiger partial charge in [-0.3, -0.25) is 8.89 Å². The summed E-state index contributed by atoms with van der Waals surface area (Å²) < 4.78 is 13.4. The fourth-order valence-corrected chi connectivity index (χ4v) is 1.45. The maximum atomic E-state index is 10.7. The van der Waals surface area contributed by atoms with E-state index in [1.165, 1.54) is 0 Å². The van der Waals surface area contributed by atoms with E-state index in [9.17, 15) is 4.21 Å². The van der Waals surface area contributed by atoms with E-state index in [1.54, 1.807) is 17.1 Å². The molecule has 1 aromatic heterocycles. The highest BCUT2D eigenvalue weighted by Gasteiger charge is 1.95. The average Bonchev–Trinajstić information content (AvgIpc) is 2.31. The number of aromatic nitrogens is 2. The molecule has 0 aromatic carbocycles. The fraction of sp³-hybridized carbons (Fsp3) is 0.500. The summed E-state index contributed by atoms with van der Waals surface area (Å²) in [5.74, 6) is 0.661. The Labute approximate surface area is 76.4 Å². The van der Waals surface area contributed by atoms with Gasteiger partial charge in [0.2, 0.25) is 0 Å². The molecule has 0 saturated carbocycles. The number of nitrogens with zero attached hydrogens (tertiary/aromatic N) is 2. The standard InChI is InChI=1S/C6H9BrN2OS/c1-11(10)3-2-9-5-6(7)4-8-9/h4-5H,2-3H2,1H3. The van der Waals surface area contributed by atoms with E-state index >= 15 is 0 Å². The van der Waals surface area contributed by atoms with Gasteiger partial charge in [-0.2, -0.15) is 5.10 Å². The van der Waals surface area contributed by atoms with E-state index in [2.05, 4.69) is 21.0 Å². The Morgan fingerprint density at radius 1 is 1.82 bits per heavy atom. The van der Waals surface area contributed by atoms with E-state index in [1.807, 2.05) is 6.20 Å². The molecule has 0 saturated heterocycles. The van der Waals surface area contributed by atoms with Crippen molar-refractivity contribution in [2.45, 2.75) is 6.54 Å². The molecular weight excluding hydrogens is 228 g/mol. The third kappa shape index (κ3) is 3.16. The van der Waals surface area contributed by atoms with Gasteiger partial charge < -0.3 is 0 Å². The second-order valence-corrected chi connectivity index (χ2v) is 4.67. The van der Waals surface area contributed by atoms with Gasteiger partial charge >= 0.3 is 0 Å². The topological polar surface area (TPSA) is 34.9 Å². The van der Waals surface area contributed by atoms with E-state index < -0.39 is 10.8 Å². The molecule has 0 radical (unpaired) electrons. The van der Waals surface area contributed by atoms with Gasteiger partial charge in [0.25, 0.3) is 0 Å². The summed E-state index contributed by atoms with van der Waals surface area (Å²) in [6.07, 6.45) is 5.28. The Kier molecular flexibility index (Phi) is 3.26. The number of hydrogen-bond acceptors (Lipinski definition) is 2. The molecule has 62 valence electrons. The summed E-state index contributed by atoms with van der Waals surface area (Å²) in [7, 11) is -0.733. The van der Waals surface area contributed by atoms with Crippen molar-refractivity contribution < 1.29 is 4.21 Å². The zero-order chi connectivity index (χ0) is 8.27. The van der Waals surface area contributed by atoms with Crippen LogP contribution in [0.4, 0.5) is 0 Å². The van der Waals surface area contributed by atoms with Crippen LogP contribution in [0.3, 0.4) is 0 Å². The van der Waals surface area contributed by atoms with Gasteiger partial charge in [-0.25, -0.2) is 0 Å². The van der Waals surface area contributed by atoms with Gasteiger partial charge in [-0.1, -0.05) is 0 Å². The molecular formula is C6H9BrN2OS. The molecule has 3 nitrogen and oxygen atoms in total. The van der Waals surface area contributed by atoms with Crippen LogP contribution in [-0.2, 0) is 17.3 Å². The fourth-order valence-electron chi connectivity index (χ4n) is 0.683. The van der Waals surface area contributed by atoms with Crippen LogP contribution in [0.1, 0.15) is 0 Å². The second-order valence-electron chi connectivity index (χ2n) is 2.20. The molecule has 0 bridgehead atoms. The summed E-state index contributed by atoms with van der Waals surface area (Å²) in [5.41, 5.74) is 0. The monoisotopic (exact) mass is 236 g/mol. The summed E-state index contributed by atoms with van der Waals surface area (Å²) in [4.78, 5) is 0. The lowest BCUT2D eigenvalue weighted by Crippen LogP contribution is -2.06. The predicted molar refractivity (Wildman–Crippen MR) is 48.9 cm³/mol. The first-order valence-electron chi connectivity index (χ1n) is 3.16. The Hall–Kier alpha value is -0.160. The molecule has 0 fully saturated rings. The minimum absolute atomic E-state index is 0.661. The lowest BCUT2D eigenvalue weighted by molar-refractivity contribution is 0.646. The summed E-state index contributed by atoms with van der Waals surface area (Å²) in [5, 5.41) is 4.02. The Morgan fingerprint density at radius 3 is 3.00 bits per heavy atom. The van der Waals surface area contributed by atoms with Crippen LogP contribution >= 0.6 is 15.9 Å². The van der Waals surface area contributed by atoms with E-state index in [0.717, 1.165) is 4.47 Å². The molecule has 1 unspecified atom stereocenters. The number of aryl methyl sites for hydroxylation is 1.